The van der Waals surface area contributed by atoms with Crippen LogP contribution >= 0.6 is 22.9 Å². The highest BCUT2D eigenvalue weighted by molar-refractivity contribution is 7.14. The second kappa shape index (κ2) is 4.21. The highest BCUT2D eigenvalue weighted by Crippen LogP contribution is 2.41. The molecule has 3 unspecified atom stereocenters. The Balaban J connectivity index is 2.15. The maximum atomic E-state index is 6.26. The van der Waals surface area contributed by atoms with Crippen LogP contribution in [0.4, 0.5) is 0 Å². The van der Waals surface area contributed by atoms with Crippen LogP contribution in [0.15, 0.2) is 11.4 Å². The van der Waals surface area contributed by atoms with Crippen LogP contribution in [-0.4, -0.2) is 0 Å². The topological polar surface area (TPSA) is 26.0 Å². The van der Waals surface area contributed by atoms with Gasteiger partial charge in [0, 0.05) is 6.04 Å². The second-order valence-corrected chi connectivity index (χ2v) is 5.77. The highest BCUT2D eigenvalue weighted by atomic mass is 35.5. The summed E-state index contributed by atoms with van der Waals surface area (Å²) < 4.78 is 0.872. The Morgan fingerprint density at radius 3 is 2.86 bits per heavy atom. The first kappa shape index (κ1) is 10.5. The van der Waals surface area contributed by atoms with Gasteiger partial charge in [-0.25, -0.2) is 0 Å². The minimum absolute atomic E-state index is 0.145. The average Bonchev–Trinajstić information content (AvgIpc) is 2.73. The summed E-state index contributed by atoms with van der Waals surface area (Å²) in [6, 6.07) is 2.22. The molecule has 0 aromatic carbocycles. The molecule has 3 heteroatoms. The van der Waals surface area contributed by atoms with Crippen LogP contribution in [0.25, 0.3) is 0 Å². The molecule has 1 aromatic heterocycles. The van der Waals surface area contributed by atoms with Gasteiger partial charge in [0.15, 0.2) is 0 Å². The number of thiophene rings is 1. The standard InChI is InChI=1S/C11H16ClNS/c1-7-3-2-4-8(7)10(13)9-5-6-14-11(9)12/h5-8,10H,2-4,13H2,1H3. The molecule has 0 aliphatic heterocycles. The van der Waals surface area contributed by atoms with E-state index < -0.39 is 0 Å². The molecule has 1 heterocycles. The van der Waals surface area contributed by atoms with Gasteiger partial charge in [0.2, 0.25) is 0 Å². The third-order valence-electron chi connectivity index (χ3n) is 3.39. The lowest BCUT2D eigenvalue weighted by atomic mass is 9.88. The van der Waals surface area contributed by atoms with Crippen molar-refractivity contribution in [2.45, 2.75) is 32.2 Å². The highest BCUT2D eigenvalue weighted by Gasteiger charge is 2.30. The Morgan fingerprint density at radius 1 is 1.57 bits per heavy atom. The number of rotatable bonds is 2. The lowest BCUT2D eigenvalue weighted by Gasteiger charge is -2.22. The van der Waals surface area contributed by atoms with Gasteiger partial charge in [0.05, 0.1) is 4.34 Å². The van der Waals surface area contributed by atoms with Gasteiger partial charge in [0.25, 0.3) is 0 Å². The Labute approximate surface area is 94.3 Å². The van der Waals surface area contributed by atoms with Crippen molar-refractivity contribution < 1.29 is 0 Å². The average molecular weight is 230 g/mol. The minimum Gasteiger partial charge on any atom is -0.324 e. The minimum atomic E-state index is 0.145. The zero-order chi connectivity index (χ0) is 10.1. The van der Waals surface area contributed by atoms with E-state index in [1.807, 2.05) is 5.38 Å². The fourth-order valence-corrected chi connectivity index (χ4v) is 3.50. The maximum absolute atomic E-state index is 6.26. The van der Waals surface area contributed by atoms with E-state index in [0.29, 0.717) is 5.92 Å². The molecule has 14 heavy (non-hydrogen) atoms. The molecular formula is C11H16ClNS. The van der Waals surface area contributed by atoms with Gasteiger partial charge in [0.1, 0.15) is 0 Å². The van der Waals surface area contributed by atoms with Crippen LogP contribution in [0.1, 0.15) is 37.8 Å². The fourth-order valence-electron chi connectivity index (χ4n) is 2.48. The first-order valence-electron chi connectivity index (χ1n) is 5.18. The summed E-state index contributed by atoms with van der Waals surface area (Å²) in [6.07, 6.45) is 3.90. The molecule has 2 rings (SSSR count). The molecule has 1 aromatic rings. The molecule has 0 amide bonds. The molecule has 78 valence electrons. The van der Waals surface area contributed by atoms with E-state index in [1.165, 1.54) is 19.3 Å². The van der Waals surface area contributed by atoms with Crippen molar-refractivity contribution in [3.8, 4) is 0 Å². The Hall–Kier alpha value is -0.0500. The number of halogens is 1. The Bertz CT molecular complexity index is 310. The number of nitrogens with two attached hydrogens (primary N) is 1. The van der Waals surface area contributed by atoms with Gasteiger partial charge in [-0.05, 0) is 35.3 Å². The third kappa shape index (κ3) is 1.83. The van der Waals surface area contributed by atoms with Gasteiger partial charge in [-0.1, -0.05) is 31.4 Å². The predicted octanol–water partition coefficient (Wildman–Crippen LogP) is 3.84. The van der Waals surface area contributed by atoms with Crippen LogP contribution in [0.3, 0.4) is 0 Å². The molecule has 1 aliphatic carbocycles. The van der Waals surface area contributed by atoms with Crippen molar-refractivity contribution in [2.75, 3.05) is 0 Å². The SMILES string of the molecule is CC1CCCC1C(N)c1ccsc1Cl. The second-order valence-electron chi connectivity index (χ2n) is 4.25. The molecule has 3 atom stereocenters. The normalized spacial score (nSPS) is 29.4. The van der Waals surface area contributed by atoms with E-state index in [-0.39, 0.29) is 6.04 Å². The molecule has 1 aliphatic rings. The summed E-state index contributed by atoms with van der Waals surface area (Å²) in [5, 5.41) is 2.02. The van der Waals surface area contributed by atoms with Crippen LogP contribution < -0.4 is 5.73 Å². The summed E-state index contributed by atoms with van der Waals surface area (Å²) in [7, 11) is 0. The monoisotopic (exact) mass is 229 g/mol. The first-order valence-corrected chi connectivity index (χ1v) is 6.44. The van der Waals surface area contributed by atoms with Crippen LogP contribution in [0, 0.1) is 11.8 Å². The van der Waals surface area contributed by atoms with Gasteiger partial charge < -0.3 is 5.73 Å². The Morgan fingerprint density at radius 2 is 2.36 bits per heavy atom. The predicted molar refractivity (Wildman–Crippen MR) is 62.8 cm³/mol. The Kier molecular flexibility index (Phi) is 3.15. The largest absolute Gasteiger partial charge is 0.324 e. The zero-order valence-electron chi connectivity index (χ0n) is 8.37. The lowest BCUT2D eigenvalue weighted by Crippen LogP contribution is -2.22. The molecule has 1 saturated carbocycles. The van der Waals surface area contributed by atoms with Crippen molar-refractivity contribution in [3.63, 3.8) is 0 Å². The van der Waals surface area contributed by atoms with E-state index >= 15 is 0 Å². The lowest BCUT2D eigenvalue weighted by molar-refractivity contribution is 0.351. The molecule has 0 radical (unpaired) electrons. The molecule has 0 bridgehead atoms. The zero-order valence-corrected chi connectivity index (χ0v) is 9.94. The molecule has 0 spiro atoms. The van der Waals surface area contributed by atoms with E-state index in [1.54, 1.807) is 11.3 Å². The summed E-state index contributed by atoms with van der Waals surface area (Å²) in [4.78, 5) is 0. The van der Waals surface area contributed by atoms with Crippen LogP contribution in [0.5, 0.6) is 0 Å². The third-order valence-corrected chi connectivity index (χ3v) is 4.59. The van der Waals surface area contributed by atoms with E-state index in [0.717, 1.165) is 15.8 Å². The summed E-state index contributed by atoms with van der Waals surface area (Å²) in [6.45, 7) is 2.30. The van der Waals surface area contributed by atoms with Crippen LogP contribution in [-0.2, 0) is 0 Å². The van der Waals surface area contributed by atoms with E-state index in [4.69, 9.17) is 17.3 Å². The van der Waals surface area contributed by atoms with Crippen molar-refractivity contribution in [2.24, 2.45) is 17.6 Å². The van der Waals surface area contributed by atoms with Gasteiger partial charge in [-0.2, -0.15) is 0 Å². The van der Waals surface area contributed by atoms with Gasteiger partial charge >= 0.3 is 0 Å². The van der Waals surface area contributed by atoms with E-state index in [9.17, 15) is 0 Å². The van der Waals surface area contributed by atoms with Crippen molar-refractivity contribution in [3.05, 3.63) is 21.3 Å². The molecule has 0 saturated heterocycles. The number of hydrogen-bond acceptors (Lipinski definition) is 2. The van der Waals surface area contributed by atoms with Gasteiger partial charge in [-0.3, -0.25) is 0 Å². The first-order chi connectivity index (χ1) is 6.70. The number of hydrogen-bond donors (Lipinski definition) is 1. The molecule has 2 N–H and O–H groups in total. The molecule has 1 nitrogen and oxygen atoms in total. The molecular weight excluding hydrogens is 214 g/mol. The fraction of sp³-hybridized carbons (Fsp3) is 0.636. The maximum Gasteiger partial charge on any atom is 0.0976 e. The molecule has 1 fully saturated rings. The van der Waals surface area contributed by atoms with Crippen LogP contribution in [0.2, 0.25) is 4.34 Å². The van der Waals surface area contributed by atoms with Crippen molar-refractivity contribution >= 4 is 22.9 Å². The van der Waals surface area contributed by atoms with Crippen molar-refractivity contribution in [1.82, 2.24) is 0 Å². The quantitative estimate of drug-likeness (QED) is 0.820. The van der Waals surface area contributed by atoms with E-state index in [2.05, 4.69) is 13.0 Å². The summed E-state index contributed by atoms with van der Waals surface area (Å²) >= 11 is 7.68. The smallest absolute Gasteiger partial charge is 0.0976 e. The van der Waals surface area contributed by atoms with Gasteiger partial charge in [-0.15, -0.1) is 11.3 Å². The summed E-state index contributed by atoms with van der Waals surface area (Å²) in [5.74, 6) is 1.38. The summed E-state index contributed by atoms with van der Waals surface area (Å²) in [5.41, 5.74) is 7.41. The van der Waals surface area contributed by atoms with Crippen molar-refractivity contribution in [1.29, 1.82) is 0 Å².